The third kappa shape index (κ3) is 2.61. The number of non-ortho nitro benzene ring substituents is 1. The first-order valence-electron chi connectivity index (χ1n) is 7.51. The van der Waals surface area contributed by atoms with Crippen molar-refractivity contribution in [3.05, 3.63) is 56.7 Å². The normalized spacial score (nSPS) is 13.5. The molecule has 3 aromatic rings. The Morgan fingerprint density at radius 3 is 2.88 bits per heavy atom. The largest absolute Gasteiger partial charge is 0.269 e. The minimum atomic E-state index is -0.423. The van der Waals surface area contributed by atoms with Gasteiger partial charge in [0, 0.05) is 17.0 Å². The van der Waals surface area contributed by atoms with Crippen LogP contribution < -0.4 is 5.43 Å². The highest BCUT2D eigenvalue weighted by Gasteiger charge is 2.20. The summed E-state index contributed by atoms with van der Waals surface area (Å²) in [5.41, 5.74) is 5.15. The zero-order chi connectivity index (χ0) is 16.5. The smallest absolute Gasteiger partial charge is 0.261 e. The van der Waals surface area contributed by atoms with Gasteiger partial charge in [0.25, 0.3) is 5.69 Å². The molecule has 7 nitrogen and oxygen atoms in total. The van der Waals surface area contributed by atoms with Crippen LogP contribution in [0.1, 0.15) is 22.4 Å². The predicted octanol–water partition coefficient (Wildman–Crippen LogP) is 3.53. The minimum absolute atomic E-state index is 0.0615. The number of fused-ring (bicyclic) bond motifs is 3. The molecule has 1 N–H and O–H groups in total. The number of hydrazone groups is 1. The van der Waals surface area contributed by atoms with Gasteiger partial charge in [0.05, 0.1) is 16.5 Å². The number of hydrogen-bond donors (Lipinski definition) is 1. The van der Waals surface area contributed by atoms with Gasteiger partial charge in [-0.25, -0.2) is 9.97 Å². The molecule has 0 spiro atoms. The van der Waals surface area contributed by atoms with Gasteiger partial charge in [-0.05, 0) is 42.5 Å². The van der Waals surface area contributed by atoms with Crippen LogP contribution in [0.5, 0.6) is 0 Å². The first kappa shape index (κ1) is 14.7. The molecule has 0 unspecified atom stereocenters. The van der Waals surface area contributed by atoms with Gasteiger partial charge >= 0.3 is 0 Å². The number of aromatic nitrogens is 2. The molecule has 0 aliphatic heterocycles. The molecule has 0 amide bonds. The predicted molar refractivity (Wildman–Crippen MR) is 93.8 cm³/mol. The number of thiophene rings is 1. The minimum Gasteiger partial charge on any atom is -0.261 e. The van der Waals surface area contributed by atoms with Crippen LogP contribution >= 0.6 is 11.3 Å². The van der Waals surface area contributed by atoms with Crippen LogP contribution in [-0.2, 0) is 12.8 Å². The molecule has 0 radical (unpaired) electrons. The zero-order valence-electron chi connectivity index (χ0n) is 12.6. The summed E-state index contributed by atoms with van der Waals surface area (Å²) in [7, 11) is 0. The Morgan fingerprint density at radius 1 is 1.25 bits per heavy atom. The molecule has 120 valence electrons. The number of hydrogen-bond acceptors (Lipinski definition) is 7. The third-order valence-electron chi connectivity index (χ3n) is 3.99. The van der Waals surface area contributed by atoms with Gasteiger partial charge in [-0.1, -0.05) is 0 Å². The van der Waals surface area contributed by atoms with Gasteiger partial charge in [0.2, 0.25) is 0 Å². The fourth-order valence-electron chi connectivity index (χ4n) is 2.86. The summed E-state index contributed by atoms with van der Waals surface area (Å²) < 4.78 is 0. The fraction of sp³-hybridized carbons (Fsp3) is 0.188. The lowest BCUT2D eigenvalue weighted by Crippen LogP contribution is -1.96. The van der Waals surface area contributed by atoms with Gasteiger partial charge in [-0.15, -0.1) is 11.3 Å². The van der Waals surface area contributed by atoms with Crippen LogP contribution in [0, 0.1) is 10.1 Å². The average Bonchev–Trinajstić information content (AvgIpc) is 3.16. The van der Waals surface area contributed by atoms with Crippen molar-refractivity contribution < 1.29 is 4.92 Å². The van der Waals surface area contributed by atoms with E-state index in [1.54, 1.807) is 29.7 Å². The second-order valence-electron chi connectivity index (χ2n) is 5.48. The number of anilines is 1. The highest BCUT2D eigenvalue weighted by molar-refractivity contribution is 7.19. The van der Waals surface area contributed by atoms with Crippen molar-refractivity contribution >= 4 is 39.3 Å². The Bertz CT molecular complexity index is 949. The molecule has 8 heteroatoms. The van der Waals surface area contributed by atoms with Crippen molar-refractivity contribution in [1.82, 2.24) is 9.97 Å². The molecular weight excluding hydrogens is 326 g/mol. The van der Waals surface area contributed by atoms with Crippen LogP contribution in [0.4, 0.5) is 11.5 Å². The van der Waals surface area contributed by atoms with Gasteiger partial charge in [0.1, 0.15) is 11.2 Å². The maximum atomic E-state index is 10.6. The molecule has 1 aliphatic carbocycles. The van der Waals surface area contributed by atoms with Gasteiger partial charge in [-0.2, -0.15) is 5.10 Å². The topological polar surface area (TPSA) is 93.3 Å². The molecule has 2 heterocycles. The molecule has 0 saturated heterocycles. The van der Waals surface area contributed by atoms with Crippen molar-refractivity contribution in [3.63, 3.8) is 0 Å². The molecule has 4 rings (SSSR count). The van der Waals surface area contributed by atoms with E-state index in [4.69, 9.17) is 0 Å². The quantitative estimate of drug-likeness (QED) is 0.446. The number of nitro groups is 1. The van der Waals surface area contributed by atoms with Gasteiger partial charge in [-0.3, -0.25) is 15.5 Å². The number of nitro benzene ring substituents is 1. The van der Waals surface area contributed by atoms with E-state index in [1.165, 1.54) is 35.3 Å². The second-order valence-corrected chi connectivity index (χ2v) is 6.56. The van der Waals surface area contributed by atoms with Crippen LogP contribution in [-0.4, -0.2) is 21.1 Å². The van der Waals surface area contributed by atoms with E-state index in [-0.39, 0.29) is 5.69 Å². The Morgan fingerprint density at radius 2 is 2.08 bits per heavy atom. The summed E-state index contributed by atoms with van der Waals surface area (Å²) in [6.07, 6.45) is 6.50. The van der Waals surface area contributed by atoms with Crippen LogP contribution in [0.2, 0.25) is 0 Å². The summed E-state index contributed by atoms with van der Waals surface area (Å²) in [6.45, 7) is 0. The van der Waals surface area contributed by atoms with E-state index < -0.39 is 4.92 Å². The van der Waals surface area contributed by atoms with E-state index >= 15 is 0 Å². The molecule has 1 aromatic carbocycles. The molecule has 0 saturated carbocycles. The average molecular weight is 339 g/mol. The van der Waals surface area contributed by atoms with E-state index in [1.807, 2.05) is 0 Å². The van der Waals surface area contributed by atoms with Gasteiger partial charge < -0.3 is 0 Å². The highest BCUT2D eigenvalue weighted by Crippen LogP contribution is 2.38. The monoisotopic (exact) mass is 339 g/mol. The fourth-order valence-corrected chi connectivity index (χ4v) is 4.09. The van der Waals surface area contributed by atoms with E-state index in [9.17, 15) is 10.1 Å². The molecule has 0 bridgehead atoms. The lowest BCUT2D eigenvalue weighted by Gasteiger charge is -2.02. The first-order valence-corrected chi connectivity index (χ1v) is 8.33. The molecule has 2 aromatic heterocycles. The van der Waals surface area contributed by atoms with Crippen molar-refractivity contribution in [2.75, 3.05) is 5.43 Å². The molecule has 0 fully saturated rings. The van der Waals surface area contributed by atoms with Crippen molar-refractivity contribution in [3.8, 4) is 0 Å². The summed E-state index contributed by atoms with van der Waals surface area (Å²) in [5, 5.41) is 15.9. The lowest BCUT2D eigenvalue weighted by atomic mass is 10.2. The van der Waals surface area contributed by atoms with Crippen molar-refractivity contribution in [1.29, 1.82) is 0 Å². The molecule has 0 atom stereocenters. The second kappa shape index (κ2) is 5.97. The van der Waals surface area contributed by atoms with Crippen LogP contribution in [0.3, 0.4) is 0 Å². The first-order chi connectivity index (χ1) is 11.7. The maximum Gasteiger partial charge on any atom is 0.269 e. The van der Waals surface area contributed by atoms with Crippen molar-refractivity contribution in [2.45, 2.75) is 19.3 Å². The number of nitrogens with zero attached hydrogens (tertiary/aromatic N) is 4. The highest BCUT2D eigenvalue weighted by atomic mass is 32.1. The summed E-state index contributed by atoms with van der Waals surface area (Å²) >= 11 is 1.73. The zero-order valence-corrected chi connectivity index (χ0v) is 13.4. The summed E-state index contributed by atoms with van der Waals surface area (Å²) in [5.74, 6) is 0.706. The SMILES string of the molecule is O=[N+]([O-])c1ccc(/C=N\Nc2ncnc3sc4c(c23)CCC4)cc1. The van der Waals surface area contributed by atoms with Crippen LogP contribution in [0.25, 0.3) is 10.2 Å². The third-order valence-corrected chi connectivity index (χ3v) is 5.19. The number of rotatable bonds is 4. The summed E-state index contributed by atoms with van der Waals surface area (Å²) in [6, 6.07) is 6.22. The Hall–Kier alpha value is -2.87. The maximum absolute atomic E-state index is 10.6. The van der Waals surface area contributed by atoms with Gasteiger partial charge in [0.15, 0.2) is 5.82 Å². The standard InChI is InChI=1S/C16H13N5O2S/c22-21(23)11-6-4-10(5-7-11)8-19-20-15-14-12-2-1-3-13(12)24-16(14)18-9-17-15/h4-9H,1-3H2,(H,17,18,20)/b19-8-. The Labute approximate surface area is 141 Å². The van der Waals surface area contributed by atoms with Crippen LogP contribution in [0.15, 0.2) is 35.7 Å². The summed E-state index contributed by atoms with van der Waals surface area (Å²) in [4.78, 5) is 21.3. The number of nitrogens with one attached hydrogen (secondary N) is 1. The molecule has 24 heavy (non-hydrogen) atoms. The van der Waals surface area contributed by atoms with E-state index in [2.05, 4.69) is 20.5 Å². The Balaban J connectivity index is 1.57. The molecule has 1 aliphatic rings. The number of aryl methyl sites for hydroxylation is 2. The van der Waals surface area contributed by atoms with E-state index in [0.717, 1.165) is 28.6 Å². The lowest BCUT2D eigenvalue weighted by molar-refractivity contribution is -0.384. The Kier molecular flexibility index (Phi) is 3.66. The number of benzene rings is 1. The molecular formula is C16H13N5O2S. The van der Waals surface area contributed by atoms with Crippen molar-refractivity contribution in [2.24, 2.45) is 5.10 Å². The van der Waals surface area contributed by atoms with E-state index in [0.29, 0.717) is 5.82 Å².